The van der Waals surface area contributed by atoms with Gasteiger partial charge in [-0.15, -0.1) is 0 Å². The number of carbonyl (C=O) groups excluding carboxylic acids is 1. The number of benzene rings is 2. The van der Waals surface area contributed by atoms with Crippen LogP contribution in [0.2, 0.25) is 0 Å². The molecule has 2 fully saturated rings. The van der Waals surface area contributed by atoms with E-state index in [0.717, 1.165) is 62.4 Å². The van der Waals surface area contributed by atoms with Gasteiger partial charge in [0.25, 0.3) is 5.91 Å². The van der Waals surface area contributed by atoms with Gasteiger partial charge >= 0.3 is 0 Å². The summed E-state index contributed by atoms with van der Waals surface area (Å²) in [6.07, 6.45) is 3.86. The highest BCUT2D eigenvalue weighted by atomic mass is 16.2. The van der Waals surface area contributed by atoms with Crippen molar-refractivity contribution in [2.75, 3.05) is 32.7 Å². The Bertz CT molecular complexity index is 1100. The third-order valence-electron chi connectivity index (χ3n) is 8.10. The van der Waals surface area contributed by atoms with Crippen LogP contribution in [0.5, 0.6) is 0 Å². The molecule has 2 saturated heterocycles. The van der Waals surface area contributed by atoms with Gasteiger partial charge in [-0.3, -0.25) is 19.6 Å². The normalized spacial score (nSPS) is 20.1. The van der Waals surface area contributed by atoms with E-state index in [1.165, 1.54) is 11.1 Å². The Kier molecular flexibility index (Phi) is 7.49. The van der Waals surface area contributed by atoms with E-state index < -0.39 is 0 Å². The quantitative estimate of drug-likeness (QED) is 0.507. The molecule has 0 unspecified atom stereocenters. The van der Waals surface area contributed by atoms with Gasteiger partial charge in [-0.25, -0.2) is 0 Å². The van der Waals surface area contributed by atoms with Crippen molar-refractivity contribution in [2.24, 2.45) is 0 Å². The van der Waals surface area contributed by atoms with Crippen molar-refractivity contribution in [3.63, 3.8) is 0 Å². The SMILES string of the molecule is Cc1ccnc(C)c1C(=O)N1CCC(N2CCN(C(c3ccccc3)c3ccccc3)[C@@H](C)C2)CC1. The van der Waals surface area contributed by atoms with Crippen molar-refractivity contribution in [3.05, 3.63) is 101 Å². The highest BCUT2D eigenvalue weighted by Gasteiger charge is 2.35. The van der Waals surface area contributed by atoms with Crippen LogP contribution in [0.15, 0.2) is 72.9 Å². The maximum absolute atomic E-state index is 13.2. The molecule has 0 bridgehead atoms. The Morgan fingerprint density at radius 3 is 2.03 bits per heavy atom. The average molecular weight is 483 g/mol. The number of carbonyl (C=O) groups is 1. The maximum atomic E-state index is 13.2. The number of aromatic nitrogens is 1. The molecule has 1 aromatic heterocycles. The van der Waals surface area contributed by atoms with Crippen LogP contribution in [0.25, 0.3) is 0 Å². The lowest BCUT2D eigenvalue weighted by Gasteiger charge is -2.48. The molecule has 5 nitrogen and oxygen atoms in total. The first-order chi connectivity index (χ1) is 17.5. The van der Waals surface area contributed by atoms with E-state index >= 15 is 0 Å². The number of amides is 1. The van der Waals surface area contributed by atoms with Crippen LogP contribution >= 0.6 is 0 Å². The van der Waals surface area contributed by atoms with Crippen LogP contribution < -0.4 is 0 Å². The van der Waals surface area contributed by atoms with Gasteiger partial charge in [0, 0.05) is 51.0 Å². The number of hydrogen-bond donors (Lipinski definition) is 0. The molecule has 2 aliphatic rings. The zero-order valence-electron chi connectivity index (χ0n) is 21.8. The summed E-state index contributed by atoms with van der Waals surface area (Å²) in [4.78, 5) is 25.0. The monoisotopic (exact) mass is 482 g/mol. The Morgan fingerprint density at radius 2 is 1.47 bits per heavy atom. The summed E-state index contributed by atoms with van der Waals surface area (Å²) in [6, 6.07) is 25.0. The van der Waals surface area contributed by atoms with E-state index in [-0.39, 0.29) is 11.9 Å². The van der Waals surface area contributed by atoms with Gasteiger partial charge in [-0.05, 0) is 56.4 Å². The minimum Gasteiger partial charge on any atom is -0.338 e. The van der Waals surface area contributed by atoms with Crippen LogP contribution in [0.3, 0.4) is 0 Å². The van der Waals surface area contributed by atoms with Gasteiger partial charge in [-0.1, -0.05) is 60.7 Å². The van der Waals surface area contributed by atoms with Crippen LogP contribution in [0.4, 0.5) is 0 Å². The van der Waals surface area contributed by atoms with Gasteiger partial charge in [0.1, 0.15) is 0 Å². The number of piperazine rings is 1. The van der Waals surface area contributed by atoms with Crippen LogP contribution in [0.1, 0.15) is 58.5 Å². The van der Waals surface area contributed by atoms with Gasteiger partial charge < -0.3 is 4.90 Å². The minimum atomic E-state index is 0.142. The van der Waals surface area contributed by atoms with Crippen molar-refractivity contribution in [3.8, 4) is 0 Å². The number of pyridine rings is 1. The topological polar surface area (TPSA) is 39.7 Å². The number of likely N-dealkylation sites (tertiary alicyclic amines) is 1. The second-order valence-corrected chi connectivity index (χ2v) is 10.4. The lowest BCUT2D eigenvalue weighted by molar-refractivity contribution is 0.0172. The summed E-state index contributed by atoms with van der Waals surface area (Å²) in [6.45, 7) is 11.1. The molecule has 5 heteroatoms. The number of nitrogens with zero attached hydrogens (tertiary/aromatic N) is 4. The molecule has 188 valence electrons. The van der Waals surface area contributed by atoms with Gasteiger partial charge in [0.05, 0.1) is 17.3 Å². The first kappa shape index (κ1) is 24.7. The summed E-state index contributed by atoms with van der Waals surface area (Å²) >= 11 is 0. The third kappa shape index (κ3) is 5.09. The fourth-order valence-electron chi connectivity index (χ4n) is 6.17. The van der Waals surface area contributed by atoms with E-state index in [0.29, 0.717) is 12.1 Å². The first-order valence-corrected chi connectivity index (χ1v) is 13.3. The van der Waals surface area contributed by atoms with Gasteiger partial charge in [0.2, 0.25) is 0 Å². The van der Waals surface area contributed by atoms with Crippen molar-refractivity contribution < 1.29 is 4.79 Å². The van der Waals surface area contributed by atoms with Crippen molar-refractivity contribution >= 4 is 5.91 Å². The fraction of sp³-hybridized carbons (Fsp3) is 0.419. The fourth-order valence-corrected chi connectivity index (χ4v) is 6.17. The molecule has 0 N–H and O–H groups in total. The van der Waals surface area contributed by atoms with E-state index in [9.17, 15) is 4.79 Å². The molecule has 0 spiro atoms. The zero-order chi connectivity index (χ0) is 25.1. The Morgan fingerprint density at radius 1 is 0.861 bits per heavy atom. The van der Waals surface area contributed by atoms with Gasteiger partial charge in [0.15, 0.2) is 0 Å². The molecular weight excluding hydrogens is 444 g/mol. The molecule has 1 amide bonds. The van der Waals surface area contributed by atoms with E-state index in [4.69, 9.17) is 0 Å². The van der Waals surface area contributed by atoms with E-state index in [1.54, 1.807) is 6.20 Å². The van der Waals surface area contributed by atoms with Gasteiger partial charge in [-0.2, -0.15) is 0 Å². The smallest absolute Gasteiger partial charge is 0.255 e. The largest absolute Gasteiger partial charge is 0.338 e. The molecule has 0 aliphatic carbocycles. The van der Waals surface area contributed by atoms with Crippen LogP contribution in [0, 0.1) is 13.8 Å². The van der Waals surface area contributed by atoms with E-state index in [2.05, 4.69) is 82.4 Å². The highest BCUT2D eigenvalue weighted by Crippen LogP contribution is 2.33. The molecule has 3 heterocycles. The molecule has 5 rings (SSSR count). The van der Waals surface area contributed by atoms with Crippen LogP contribution in [-0.2, 0) is 0 Å². The number of aryl methyl sites for hydroxylation is 2. The Balaban J connectivity index is 1.23. The first-order valence-electron chi connectivity index (χ1n) is 13.3. The summed E-state index contributed by atoms with van der Waals surface area (Å²) in [7, 11) is 0. The molecule has 0 radical (unpaired) electrons. The minimum absolute atomic E-state index is 0.142. The predicted octanol–water partition coefficient (Wildman–Crippen LogP) is 5.10. The molecule has 2 aromatic carbocycles. The Hall–Kier alpha value is -3.02. The summed E-state index contributed by atoms with van der Waals surface area (Å²) < 4.78 is 0. The zero-order valence-corrected chi connectivity index (χ0v) is 21.8. The second kappa shape index (κ2) is 10.9. The summed E-state index contributed by atoms with van der Waals surface area (Å²) in [5, 5.41) is 0. The van der Waals surface area contributed by atoms with Crippen molar-refractivity contribution in [1.29, 1.82) is 0 Å². The molecule has 0 saturated carbocycles. The second-order valence-electron chi connectivity index (χ2n) is 10.4. The third-order valence-corrected chi connectivity index (χ3v) is 8.10. The molecule has 2 aliphatic heterocycles. The predicted molar refractivity (Wildman–Crippen MR) is 145 cm³/mol. The number of hydrogen-bond acceptors (Lipinski definition) is 4. The number of piperidine rings is 1. The molecule has 3 aromatic rings. The molecular formula is C31H38N4O. The summed E-state index contributed by atoms with van der Waals surface area (Å²) in [5.41, 5.74) is 5.35. The van der Waals surface area contributed by atoms with E-state index in [1.807, 2.05) is 24.8 Å². The van der Waals surface area contributed by atoms with Crippen molar-refractivity contribution in [1.82, 2.24) is 19.7 Å². The standard InChI is InChI=1S/C31H38N4O/c1-23-14-17-32-25(3)29(23)31(36)33-18-15-28(16-19-33)34-20-21-35(24(2)22-34)30(26-10-6-4-7-11-26)27-12-8-5-9-13-27/h4-14,17,24,28,30H,15-16,18-22H2,1-3H3/t24-/m0/s1. The summed E-state index contributed by atoms with van der Waals surface area (Å²) in [5.74, 6) is 0.142. The molecule has 36 heavy (non-hydrogen) atoms. The average Bonchev–Trinajstić information content (AvgIpc) is 2.91. The van der Waals surface area contributed by atoms with Crippen LogP contribution in [-0.4, -0.2) is 70.4 Å². The lowest BCUT2D eigenvalue weighted by Crippen LogP contribution is -2.57. The Labute approximate surface area is 215 Å². The molecule has 1 atom stereocenters. The lowest BCUT2D eigenvalue weighted by atomic mass is 9.93. The van der Waals surface area contributed by atoms with Crippen molar-refractivity contribution in [2.45, 2.75) is 51.7 Å². The number of rotatable bonds is 5. The highest BCUT2D eigenvalue weighted by molar-refractivity contribution is 5.96. The maximum Gasteiger partial charge on any atom is 0.255 e.